The number of carbonyl (C=O) groups is 1. The summed E-state index contributed by atoms with van der Waals surface area (Å²) < 4.78 is 44.7. The fourth-order valence-electron chi connectivity index (χ4n) is 3.12. The quantitative estimate of drug-likeness (QED) is 0.437. The van der Waals surface area contributed by atoms with Crippen LogP contribution >= 0.6 is 11.3 Å². The van der Waals surface area contributed by atoms with Crippen molar-refractivity contribution >= 4 is 42.4 Å². The third-order valence-electron chi connectivity index (χ3n) is 4.97. The van der Waals surface area contributed by atoms with Crippen molar-refractivity contribution in [2.45, 2.75) is 18.2 Å². The number of hydrogen-bond acceptors (Lipinski definition) is 7. The zero-order valence-electron chi connectivity index (χ0n) is 18.5. The zero-order chi connectivity index (χ0) is 23.5. The number of methoxy groups -OCH3 is 1. The summed E-state index contributed by atoms with van der Waals surface area (Å²) in [6.45, 7) is 2.91. The summed E-state index contributed by atoms with van der Waals surface area (Å²) in [5.41, 5.74) is 1.69. The second-order valence-corrected chi connectivity index (χ2v) is 10.7. The average molecular weight is 480 g/mol. The van der Waals surface area contributed by atoms with Crippen molar-refractivity contribution in [3.05, 3.63) is 47.8 Å². The number of halogens is 1. The topological polar surface area (TPSA) is 79.8 Å². The highest BCUT2D eigenvalue weighted by Gasteiger charge is 2.24. The van der Waals surface area contributed by atoms with Crippen molar-refractivity contribution in [1.82, 2.24) is 9.88 Å². The minimum absolute atomic E-state index is 0.00751. The van der Waals surface area contributed by atoms with Crippen LogP contribution in [0.3, 0.4) is 0 Å². The maximum Gasteiger partial charge on any atom is 0.229 e. The second-order valence-electron chi connectivity index (χ2n) is 7.63. The molecule has 0 radical (unpaired) electrons. The molecule has 0 atom stereocenters. The molecule has 7 nitrogen and oxygen atoms in total. The van der Waals surface area contributed by atoms with E-state index < -0.39 is 15.7 Å². The van der Waals surface area contributed by atoms with Gasteiger partial charge in [-0.05, 0) is 56.9 Å². The normalized spacial score (nSPS) is 11.8. The summed E-state index contributed by atoms with van der Waals surface area (Å²) >= 11 is 1.38. The molecule has 0 fully saturated rings. The Hall–Kier alpha value is -2.56. The van der Waals surface area contributed by atoms with Gasteiger partial charge in [0.2, 0.25) is 5.91 Å². The number of benzene rings is 2. The van der Waals surface area contributed by atoms with Gasteiger partial charge in [0.05, 0.1) is 22.5 Å². The number of thiazole rings is 1. The first-order valence-corrected chi connectivity index (χ1v) is 12.5. The molecule has 0 unspecified atom stereocenters. The molecule has 1 heterocycles. The van der Waals surface area contributed by atoms with Gasteiger partial charge in [-0.2, -0.15) is 0 Å². The Kier molecular flexibility index (Phi) is 7.47. The fraction of sp³-hybridized carbons (Fsp3) is 0.364. The second kappa shape index (κ2) is 9.93. The van der Waals surface area contributed by atoms with Crippen LogP contribution in [0.15, 0.2) is 41.3 Å². The van der Waals surface area contributed by atoms with E-state index in [4.69, 9.17) is 4.74 Å². The number of hydrogen-bond donors (Lipinski definition) is 0. The van der Waals surface area contributed by atoms with Gasteiger partial charge in [-0.1, -0.05) is 17.4 Å². The Labute approximate surface area is 191 Å². The number of aryl methyl sites for hydroxylation is 1. The van der Waals surface area contributed by atoms with Crippen molar-refractivity contribution in [3.63, 3.8) is 0 Å². The molecule has 0 bridgehead atoms. The summed E-state index contributed by atoms with van der Waals surface area (Å²) in [5, 5.41) is 0.499. The zero-order valence-corrected chi connectivity index (χ0v) is 20.1. The van der Waals surface area contributed by atoms with Crippen molar-refractivity contribution in [2.24, 2.45) is 0 Å². The molecule has 172 valence electrons. The number of amides is 1. The Morgan fingerprint density at radius 3 is 2.44 bits per heavy atom. The molecule has 32 heavy (non-hydrogen) atoms. The van der Waals surface area contributed by atoms with Gasteiger partial charge in [0.25, 0.3) is 0 Å². The van der Waals surface area contributed by atoms with Crippen molar-refractivity contribution in [2.75, 3.05) is 44.9 Å². The SMILES string of the molecule is COc1ccc(C)c2sc(N(CCN(C)C)C(=O)CCS(=O)(=O)c3ccc(F)cc3)nc12. The minimum atomic E-state index is -3.72. The maximum absolute atomic E-state index is 13.1. The largest absolute Gasteiger partial charge is 0.494 e. The van der Waals surface area contributed by atoms with Crippen LogP contribution in [0.5, 0.6) is 5.75 Å². The van der Waals surface area contributed by atoms with E-state index in [1.165, 1.54) is 28.4 Å². The van der Waals surface area contributed by atoms with Crippen LogP contribution in [0.4, 0.5) is 9.52 Å². The summed E-state index contributed by atoms with van der Waals surface area (Å²) in [4.78, 5) is 21.2. The number of ether oxygens (including phenoxy) is 1. The molecule has 3 rings (SSSR count). The van der Waals surface area contributed by atoms with Crippen LogP contribution in [0.2, 0.25) is 0 Å². The molecule has 3 aromatic rings. The first-order valence-electron chi connectivity index (χ1n) is 10.00. The van der Waals surface area contributed by atoms with Crippen LogP contribution in [0.25, 0.3) is 10.2 Å². The molecule has 1 aromatic heterocycles. The molecule has 0 saturated carbocycles. The van der Waals surface area contributed by atoms with Crippen molar-refractivity contribution in [3.8, 4) is 5.75 Å². The standard InChI is InChI=1S/C22H26FN3O4S2/c1-15-5-10-18(30-4)20-21(15)31-22(24-20)26(13-12-25(2)3)19(27)11-14-32(28,29)17-8-6-16(23)7-9-17/h5-10H,11-14H2,1-4H3. The summed E-state index contributed by atoms with van der Waals surface area (Å²) in [7, 11) is 1.64. The van der Waals surface area contributed by atoms with E-state index in [0.29, 0.717) is 29.5 Å². The molecular weight excluding hydrogens is 453 g/mol. The van der Waals surface area contributed by atoms with Gasteiger partial charge in [0.1, 0.15) is 17.1 Å². The van der Waals surface area contributed by atoms with Crippen LogP contribution in [0.1, 0.15) is 12.0 Å². The number of rotatable bonds is 9. The number of aromatic nitrogens is 1. The van der Waals surface area contributed by atoms with Gasteiger partial charge >= 0.3 is 0 Å². The van der Waals surface area contributed by atoms with E-state index in [1.807, 2.05) is 38.1 Å². The number of nitrogens with zero attached hydrogens (tertiary/aromatic N) is 3. The Morgan fingerprint density at radius 2 is 1.81 bits per heavy atom. The van der Waals surface area contributed by atoms with Crippen molar-refractivity contribution < 1.29 is 22.3 Å². The number of sulfone groups is 1. The third kappa shape index (κ3) is 5.43. The lowest BCUT2D eigenvalue weighted by atomic mass is 10.2. The minimum Gasteiger partial charge on any atom is -0.494 e. The van der Waals surface area contributed by atoms with Crippen LogP contribution in [0, 0.1) is 12.7 Å². The number of anilines is 1. The summed E-state index contributed by atoms with van der Waals surface area (Å²) in [6.07, 6.45) is -0.209. The smallest absolute Gasteiger partial charge is 0.229 e. The molecule has 0 aliphatic carbocycles. The van der Waals surface area contributed by atoms with Gasteiger partial charge in [0.15, 0.2) is 15.0 Å². The highest BCUT2D eigenvalue weighted by Crippen LogP contribution is 2.36. The lowest BCUT2D eigenvalue weighted by molar-refractivity contribution is -0.118. The molecule has 0 N–H and O–H groups in total. The Bertz CT molecular complexity index is 1210. The number of fused-ring (bicyclic) bond motifs is 1. The predicted octanol–water partition coefficient (Wildman–Crippen LogP) is 3.51. The molecule has 0 saturated heterocycles. The molecule has 2 aromatic carbocycles. The summed E-state index contributed by atoms with van der Waals surface area (Å²) in [5.74, 6) is -0.611. The van der Waals surface area contributed by atoms with Gasteiger partial charge in [-0.3, -0.25) is 9.69 Å². The highest BCUT2D eigenvalue weighted by atomic mass is 32.2. The maximum atomic E-state index is 13.1. The van der Waals surface area contributed by atoms with Crippen molar-refractivity contribution in [1.29, 1.82) is 0 Å². The van der Waals surface area contributed by atoms with E-state index in [2.05, 4.69) is 4.98 Å². The van der Waals surface area contributed by atoms with E-state index >= 15 is 0 Å². The first-order chi connectivity index (χ1) is 15.1. The molecule has 0 aliphatic rings. The van der Waals surface area contributed by atoms with Gasteiger partial charge in [-0.25, -0.2) is 17.8 Å². The fourth-order valence-corrected chi connectivity index (χ4v) is 5.45. The van der Waals surface area contributed by atoms with Gasteiger partial charge < -0.3 is 9.64 Å². The number of likely N-dealkylation sites (N-methyl/N-ethyl adjacent to an activating group) is 1. The number of carbonyl (C=O) groups excluding carboxylic acids is 1. The molecular formula is C22H26FN3O4S2. The predicted molar refractivity (Wildman–Crippen MR) is 125 cm³/mol. The Balaban J connectivity index is 1.87. The highest BCUT2D eigenvalue weighted by molar-refractivity contribution is 7.91. The van der Waals surface area contributed by atoms with E-state index in [0.717, 1.165) is 22.4 Å². The monoisotopic (exact) mass is 479 g/mol. The lowest BCUT2D eigenvalue weighted by Gasteiger charge is -2.22. The Morgan fingerprint density at radius 1 is 1.12 bits per heavy atom. The third-order valence-corrected chi connectivity index (χ3v) is 7.92. The van der Waals surface area contributed by atoms with Gasteiger partial charge in [0, 0.05) is 19.5 Å². The average Bonchev–Trinajstić information content (AvgIpc) is 3.19. The van der Waals surface area contributed by atoms with Crippen LogP contribution in [-0.4, -0.2) is 64.3 Å². The lowest BCUT2D eigenvalue weighted by Crippen LogP contribution is -2.37. The van der Waals surface area contributed by atoms with E-state index in [-0.39, 0.29) is 23.0 Å². The molecule has 0 aliphatic heterocycles. The van der Waals surface area contributed by atoms with E-state index in [9.17, 15) is 17.6 Å². The first kappa shape index (κ1) is 24.1. The summed E-state index contributed by atoms with van der Waals surface area (Å²) in [6, 6.07) is 8.37. The van der Waals surface area contributed by atoms with Gasteiger partial charge in [-0.15, -0.1) is 0 Å². The van der Waals surface area contributed by atoms with Crippen LogP contribution < -0.4 is 9.64 Å². The van der Waals surface area contributed by atoms with Crippen LogP contribution in [-0.2, 0) is 14.6 Å². The molecule has 1 amide bonds. The molecule has 0 spiro atoms. The van der Waals surface area contributed by atoms with E-state index in [1.54, 1.807) is 7.11 Å². The molecule has 10 heteroatoms.